The van der Waals surface area contributed by atoms with Crippen LogP contribution in [0.4, 0.5) is 4.39 Å². The van der Waals surface area contributed by atoms with E-state index in [9.17, 15) is 9.18 Å². The Hall–Kier alpha value is -1.88. The third kappa shape index (κ3) is 4.04. The second-order valence-corrected chi connectivity index (χ2v) is 5.68. The Balaban J connectivity index is 2.02. The zero-order valence-corrected chi connectivity index (χ0v) is 13.4. The van der Waals surface area contributed by atoms with Crippen LogP contribution in [-0.4, -0.2) is 24.9 Å². The highest BCUT2D eigenvalue weighted by atomic mass is 79.9. The van der Waals surface area contributed by atoms with Crippen LogP contribution in [0.5, 0.6) is 5.75 Å². The van der Waals surface area contributed by atoms with Crippen molar-refractivity contribution in [2.24, 2.45) is 0 Å². The van der Waals surface area contributed by atoms with Gasteiger partial charge in [0.05, 0.1) is 0 Å². The average Bonchev–Trinajstić information content (AvgIpc) is 2.46. The summed E-state index contributed by atoms with van der Waals surface area (Å²) in [4.78, 5) is 13.3. The number of rotatable bonds is 4. The number of benzene rings is 2. The lowest BCUT2D eigenvalue weighted by Crippen LogP contribution is -2.21. The normalized spacial score (nSPS) is 10.3. The molecular formula is C16H15BrFNO2. The SMILES string of the molecule is CN(C)C(=O)c1ccc(COc2ccc(Br)cc2F)cc1. The predicted molar refractivity (Wildman–Crippen MR) is 82.9 cm³/mol. The van der Waals surface area contributed by atoms with Crippen LogP contribution in [0.15, 0.2) is 46.9 Å². The molecule has 1 amide bonds. The minimum Gasteiger partial charge on any atom is -0.486 e. The Morgan fingerprint density at radius 1 is 1.19 bits per heavy atom. The molecule has 2 aromatic carbocycles. The number of halogens is 2. The van der Waals surface area contributed by atoms with Crippen molar-refractivity contribution in [3.63, 3.8) is 0 Å². The molecule has 0 aliphatic heterocycles. The summed E-state index contributed by atoms with van der Waals surface area (Å²) in [5.41, 5.74) is 1.48. The van der Waals surface area contributed by atoms with E-state index in [4.69, 9.17) is 4.74 Å². The van der Waals surface area contributed by atoms with E-state index < -0.39 is 5.82 Å². The molecule has 0 fully saturated rings. The summed E-state index contributed by atoms with van der Waals surface area (Å²) in [6, 6.07) is 11.7. The topological polar surface area (TPSA) is 29.5 Å². The van der Waals surface area contributed by atoms with Crippen molar-refractivity contribution < 1.29 is 13.9 Å². The van der Waals surface area contributed by atoms with Crippen molar-refractivity contribution in [1.82, 2.24) is 4.90 Å². The van der Waals surface area contributed by atoms with Gasteiger partial charge in [-0.2, -0.15) is 0 Å². The van der Waals surface area contributed by atoms with Crippen molar-refractivity contribution in [2.45, 2.75) is 6.61 Å². The lowest BCUT2D eigenvalue weighted by molar-refractivity contribution is 0.0827. The molecule has 21 heavy (non-hydrogen) atoms. The van der Waals surface area contributed by atoms with E-state index in [2.05, 4.69) is 15.9 Å². The molecule has 0 bridgehead atoms. The summed E-state index contributed by atoms with van der Waals surface area (Å²) in [5, 5.41) is 0. The first-order valence-corrected chi connectivity index (χ1v) is 7.15. The third-order valence-corrected chi connectivity index (χ3v) is 3.39. The third-order valence-electron chi connectivity index (χ3n) is 2.90. The molecule has 0 unspecified atom stereocenters. The molecular weight excluding hydrogens is 337 g/mol. The molecule has 0 saturated heterocycles. The van der Waals surface area contributed by atoms with E-state index in [1.165, 1.54) is 11.0 Å². The van der Waals surface area contributed by atoms with E-state index in [1.807, 2.05) is 0 Å². The largest absolute Gasteiger partial charge is 0.486 e. The number of carbonyl (C=O) groups is 1. The highest BCUT2D eigenvalue weighted by Crippen LogP contribution is 2.22. The van der Waals surface area contributed by atoms with Crippen molar-refractivity contribution in [2.75, 3.05) is 14.1 Å². The van der Waals surface area contributed by atoms with Gasteiger partial charge in [0, 0.05) is 24.1 Å². The molecule has 0 N–H and O–H groups in total. The van der Waals surface area contributed by atoms with Crippen molar-refractivity contribution in [3.8, 4) is 5.75 Å². The Kier molecular flexibility index (Phi) is 4.96. The first-order valence-electron chi connectivity index (χ1n) is 6.36. The van der Waals surface area contributed by atoms with Gasteiger partial charge in [-0.05, 0) is 35.9 Å². The van der Waals surface area contributed by atoms with E-state index in [0.717, 1.165) is 5.56 Å². The maximum Gasteiger partial charge on any atom is 0.253 e. The molecule has 0 atom stereocenters. The zero-order chi connectivity index (χ0) is 15.4. The second kappa shape index (κ2) is 6.72. The standard InChI is InChI=1S/C16H15BrFNO2/c1-19(2)16(20)12-5-3-11(4-6-12)10-21-15-8-7-13(17)9-14(15)18/h3-9H,10H2,1-2H3. The van der Waals surface area contributed by atoms with Crippen LogP contribution < -0.4 is 4.74 Å². The second-order valence-electron chi connectivity index (χ2n) is 4.76. The smallest absolute Gasteiger partial charge is 0.253 e. The summed E-state index contributed by atoms with van der Waals surface area (Å²) >= 11 is 3.19. The summed E-state index contributed by atoms with van der Waals surface area (Å²) in [5.74, 6) is -0.267. The van der Waals surface area contributed by atoms with Gasteiger partial charge in [-0.3, -0.25) is 4.79 Å². The van der Waals surface area contributed by atoms with Crippen molar-refractivity contribution in [1.29, 1.82) is 0 Å². The predicted octanol–water partition coefficient (Wildman–Crippen LogP) is 3.87. The average molecular weight is 352 g/mol. The fourth-order valence-electron chi connectivity index (χ4n) is 1.76. The fourth-order valence-corrected chi connectivity index (χ4v) is 2.09. The van der Waals surface area contributed by atoms with Gasteiger partial charge in [0.2, 0.25) is 0 Å². The molecule has 2 rings (SSSR count). The number of hydrogen-bond acceptors (Lipinski definition) is 2. The fraction of sp³-hybridized carbons (Fsp3) is 0.188. The number of ether oxygens (including phenoxy) is 1. The molecule has 5 heteroatoms. The number of carbonyl (C=O) groups excluding carboxylic acids is 1. The molecule has 0 aliphatic rings. The number of amides is 1. The lowest BCUT2D eigenvalue weighted by atomic mass is 10.1. The van der Waals surface area contributed by atoms with Gasteiger partial charge in [0.25, 0.3) is 5.91 Å². The van der Waals surface area contributed by atoms with Crippen LogP contribution in [0.3, 0.4) is 0 Å². The van der Waals surface area contributed by atoms with Crippen LogP contribution in [0.2, 0.25) is 0 Å². The highest BCUT2D eigenvalue weighted by Gasteiger charge is 2.08. The van der Waals surface area contributed by atoms with Crippen LogP contribution in [-0.2, 0) is 6.61 Å². The molecule has 0 saturated carbocycles. The number of hydrogen-bond donors (Lipinski definition) is 0. The molecule has 0 aromatic heterocycles. The Labute approximate surface area is 131 Å². The summed E-state index contributed by atoms with van der Waals surface area (Å²) in [6.07, 6.45) is 0. The van der Waals surface area contributed by atoms with Crippen LogP contribution in [0, 0.1) is 5.82 Å². The van der Waals surface area contributed by atoms with Gasteiger partial charge in [0.1, 0.15) is 6.61 Å². The van der Waals surface area contributed by atoms with E-state index in [-0.39, 0.29) is 18.3 Å². The van der Waals surface area contributed by atoms with Gasteiger partial charge < -0.3 is 9.64 Å². The Bertz CT molecular complexity index is 641. The van der Waals surface area contributed by atoms with Gasteiger partial charge in [-0.15, -0.1) is 0 Å². The highest BCUT2D eigenvalue weighted by molar-refractivity contribution is 9.10. The lowest BCUT2D eigenvalue weighted by Gasteiger charge is -2.11. The summed E-state index contributed by atoms with van der Waals surface area (Å²) in [7, 11) is 3.41. The van der Waals surface area contributed by atoms with E-state index in [1.54, 1.807) is 50.5 Å². The summed E-state index contributed by atoms with van der Waals surface area (Å²) < 4.78 is 19.7. The molecule has 0 aliphatic carbocycles. The quantitative estimate of drug-likeness (QED) is 0.836. The molecule has 2 aromatic rings. The van der Waals surface area contributed by atoms with Gasteiger partial charge in [-0.25, -0.2) is 4.39 Å². The van der Waals surface area contributed by atoms with Crippen molar-refractivity contribution in [3.05, 3.63) is 63.9 Å². The van der Waals surface area contributed by atoms with Crippen LogP contribution in [0.1, 0.15) is 15.9 Å². The van der Waals surface area contributed by atoms with Gasteiger partial charge in [0.15, 0.2) is 11.6 Å². The van der Waals surface area contributed by atoms with Crippen LogP contribution in [0.25, 0.3) is 0 Å². The maximum absolute atomic E-state index is 13.6. The van der Waals surface area contributed by atoms with Gasteiger partial charge >= 0.3 is 0 Å². The minimum absolute atomic E-state index is 0.0542. The minimum atomic E-state index is -0.413. The molecule has 3 nitrogen and oxygen atoms in total. The van der Waals surface area contributed by atoms with Crippen LogP contribution >= 0.6 is 15.9 Å². The monoisotopic (exact) mass is 351 g/mol. The maximum atomic E-state index is 13.6. The Morgan fingerprint density at radius 2 is 1.86 bits per heavy atom. The summed E-state index contributed by atoms with van der Waals surface area (Å²) in [6.45, 7) is 0.245. The van der Waals surface area contributed by atoms with E-state index >= 15 is 0 Å². The first-order chi connectivity index (χ1) is 9.97. The molecule has 0 radical (unpaired) electrons. The van der Waals surface area contributed by atoms with Crippen molar-refractivity contribution >= 4 is 21.8 Å². The molecule has 110 valence electrons. The zero-order valence-electron chi connectivity index (χ0n) is 11.8. The number of nitrogens with zero attached hydrogens (tertiary/aromatic N) is 1. The van der Waals surface area contributed by atoms with E-state index in [0.29, 0.717) is 10.0 Å². The molecule has 0 heterocycles. The Morgan fingerprint density at radius 3 is 2.43 bits per heavy atom. The molecule has 0 spiro atoms. The first kappa shape index (κ1) is 15.5. The van der Waals surface area contributed by atoms with Gasteiger partial charge in [-0.1, -0.05) is 28.1 Å².